The summed E-state index contributed by atoms with van der Waals surface area (Å²) >= 11 is 0. The van der Waals surface area contributed by atoms with Crippen molar-refractivity contribution in [2.75, 3.05) is 26.2 Å². The van der Waals surface area contributed by atoms with E-state index in [4.69, 9.17) is 0 Å². The summed E-state index contributed by atoms with van der Waals surface area (Å²) < 4.78 is 1.85. The summed E-state index contributed by atoms with van der Waals surface area (Å²) in [6.07, 6.45) is 5.66. The third kappa shape index (κ3) is 2.42. The van der Waals surface area contributed by atoms with E-state index in [9.17, 15) is 9.59 Å². The Balaban J connectivity index is 1.75. The van der Waals surface area contributed by atoms with Crippen LogP contribution in [0.2, 0.25) is 0 Å². The molecule has 2 saturated heterocycles. The SMILES string of the molecule is CCCN1CCC[C@]2(CCN(C(=O)c3cccn3C)C2)C1=O. The topological polar surface area (TPSA) is 45.5 Å². The van der Waals surface area contributed by atoms with Crippen LogP contribution in [0.4, 0.5) is 0 Å². The van der Waals surface area contributed by atoms with E-state index in [1.807, 2.05) is 39.7 Å². The van der Waals surface area contributed by atoms with Crippen LogP contribution in [0.1, 0.15) is 43.1 Å². The summed E-state index contributed by atoms with van der Waals surface area (Å²) in [4.78, 5) is 29.4. The lowest BCUT2D eigenvalue weighted by Gasteiger charge is -2.39. The fourth-order valence-corrected chi connectivity index (χ4v) is 3.91. The molecule has 0 bridgehead atoms. The largest absolute Gasteiger partial charge is 0.347 e. The lowest BCUT2D eigenvalue weighted by atomic mass is 9.78. The number of aromatic nitrogens is 1. The van der Waals surface area contributed by atoms with E-state index < -0.39 is 0 Å². The Morgan fingerprint density at radius 3 is 2.82 bits per heavy atom. The van der Waals surface area contributed by atoms with Crippen molar-refractivity contribution in [3.05, 3.63) is 24.0 Å². The highest BCUT2D eigenvalue weighted by molar-refractivity contribution is 5.94. The average molecular weight is 303 g/mol. The molecule has 3 rings (SSSR count). The highest BCUT2D eigenvalue weighted by atomic mass is 16.2. The van der Waals surface area contributed by atoms with Gasteiger partial charge in [0.05, 0.1) is 5.41 Å². The third-order valence-corrected chi connectivity index (χ3v) is 5.12. The molecule has 2 aliphatic heterocycles. The van der Waals surface area contributed by atoms with Crippen molar-refractivity contribution in [2.24, 2.45) is 12.5 Å². The van der Waals surface area contributed by atoms with Crippen LogP contribution in [0.5, 0.6) is 0 Å². The third-order valence-electron chi connectivity index (χ3n) is 5.12. The first-order chi connectivity index (χ1) is 10.6. The molecule has 5 nitrogen and oxygen atoms in total. The van der Waals surface area contributed by atoms with Gasteiger partial charge in [-0.15, -0.1) is 0 Å². The molecule has 0 aliphatic carbocycles. The zero-order valence-corrected chi connectivity index (χ0v) is 13.5. The second-order valence-corrected chi connectivity index (χ2v) is 6.66. The van der Waals surface area contributed by atoms with Gasteiger partial charge in [0, 0.05) is 39.4 Å². The average Bonchev–Trinajstić information content (AvgIpc) is 3.11. The number of amides is 2. The highest BCUT2D eigenvalue weighted by Gasteiger charge is 2.49. The maximum absolute atomic E-state index is 12.8. The van der Waals surface area contributed by atoms with E-state index in [0.29, 0.717) is 18.8 Å². The predicted molar refractivity (Wildman–Crippen MR) is 84.5 cm³/mol. The molecule has 3 heterocycles. The van der Waals surface area contributed by atoms with Crippen molar-refractivity contribution in [3.63, 3.8) is 0 Å². The Morgan fingerprint density at radius 1 is 1.32 bits per heavy atom. The molecule has 0 saturated carbocycles. The number of rotatable bonds is 3. The molecule has 2 fully saturated rings. The molecular formula is C17H25N3O2. The van der Waals surface area contributed by atoms with Gasteiger partial charge in [0.25, 0.3) is 5.91 Å². The summed E-state index contributed by atoms with van der Waals surface area (Å²) in [5.41, 5.74) is 0.375. The van der Waals surface area contributed by atoms with E-state index >= 15 is 0 Å². The van der Waals surface area contributed by atoms with E-state index in [2.05, 4.69) is 6.92 Å². The quantitative estimate of drug-likeness (QED) is 0.856. The van der Waals surface area contributed by atoms with Gasteiger partial charge in [-0.3, -0.25) is 9.59 Å². The van der Waals surface area contributed by atoms with Crippen molar-refractivity contribution in [2.45, 2.75) is 32.6 Å². The second-order valence-electron chi connectivity index (χ2n) is 6.66. The molecule has 2 amide bonds. The summed E-state index contributed by atoms with van der Waals surface area (Å²) in [6, 6.07) is 3.73. The first-order valence-corrected chi connectivity index (χ1v) is 8.27. The van der Waals surface area contributed by atoms with Gasteiger partial charge in [0.1, 0.15) is 5.69 Å². The molecule has 1 aromatic heterocycles. The monoisotopic (exact) mass is 303 g/mol. The van der Waals surface area contributed by atoms with Crippen LogP contribution in [0, 0.1) is 5.41 Å². The number of aryl methyl sites for hydroxylation is 1. The van der Waals surface area contributed by atoms with E-state index in [1.165, 1.54) is 0 Å². The standard InChI is InChI=1S/C17H25N3O2/c1-3-9-19-11-5-7-17(16(19)22)8-12-20(13-17)15(21)14-6-4-10-18(14)2/h4,6,10H,3,5,7-9,11-13H2,1-2H3/t17-/m1/s1. The van der Waals surface area contributed by atoms with Crippen LogP contribution >= 0.6 is 0 Å². The lowest BCUT2D eigenvalue weighted by Crippen LogP contribution is -2.50. The number of hydrogen-bond donors (Lipinski definition) is 0. The highest BCUT2D eigenvalue weighted by Crippen LogP contribution is 2.40. The summed E-state index contributed by atoms with van der Waals surface area (Å²) in [6.45, 7) is 5.09. The molecule has 0 aromatic carbocycles. The molecule has 120 valence electrons. The molecule has 1 aromatic rings. The molecular weight excluding hydrogens is 278 g/mol. The van der Waals surface area contributed by atoms with Crippen LogP contribution < -0.4 is 0 Å². The maximum Gasteiger partial charge on any atom is 0.270 e. The van der Waals surface area contributed by atoms with Crippen LogP contribution in [0.3, 0.4) is 0 Å². The van der Waals surface area contributed by atoms with Crippen molar-refractivity contribution in [1.29, 1.82) is 0 Å². The molecule has 0 radical (unpaired) electrons. The first-order valence-electron chi connectivity index (χ1n) is 8.27. The fourth-order valence-electron chi connectivity index (χ4n) is 3.91. The minimum absolute atomic E-state index is 0.0461. The van der Waals surface area contributed by atoms with Gasteiger partial charge >= 0.3 is 0 Å². The van der Waals surface area contributed by atoms with Crippen molar-refractivity contribution >= 4 is 11.8 Å². The number of carbonyl (C=O) groups excluding carboxylic acids is 2. The van der Waals surface area contributed by atoms with Gasteiger partial charge in [-0.05, 0) is 37.8 Å². The van der Waals surface area contributed by atoms with Crippen molar-refractivity contribution < 1.29 is 9.59 Å². The van der Waals surface area contributed by atoms with Gasteiger partial charge < -0.3 is 14.4 Å². The van der Waals surface area contributed by atoms with Gasteiger partial charge in [-0.1, -0.05) is 6.92 Å². The van der Waals surface area contributed by atoms with Crippen molar-refractivity contribution in [3.8, 4) is 0 Å². The smallest absolute Gasteiger partial charge is 0.270 e. The number of piperidine rings is 1. The Kier molecular flexibility index (Phi) is 3.98. The van der Waals surface area contributed by atoms with E-state index in [-0.39, 0.29) is 17.2 Å². The molecule has 0 unspecified atom stereocenters. The van der Waals surface area contributed by atoms with Crippen LogP contribution in [-0.2, 0) is 11.8 Å². The molecule has 1 atom stereocenters. The first kappa shape index (κ1) is 15.1. The normalized spacial score (nSPS) is 25.3. The Labute approximate surface area is 131 Å². The molecule has 1 spiro atoms. The molecule has 5 heteroatoms. The predicted octanol–water partition coefficient (Wildman–Crippen LogP) is 1.89. The summed E-state index contributed by atoms with van der Waals surface area (Å²) in [5.74, 6) is 0.313. The van der Waals surface area contributed by atoms with Crippen LogP contribution in [0.15, 0.2) is 18.3 Å². The minimum atomic E-state index is -0.325. The van der Waals surface area contributed by atoms with Gasteiger partial charge in [-0.25, -0.2) is 0 Å². The van der Waals surface area contributed by atoms with Crippen molar-refractivity contribution in [1.82, 2.24) is 14.4 Å². The van der Waals surface area contributed by atoms with Gasteiger partial charge in [0.15, 0.2) is 0 Å². The number of carbonyl (C=O) groups is 2. The minimum Gasteiger partial charge on any atom is -0.347 e. The zero-order chi connectivity index (χ0) is 15.7. The zero-order valence-electron chi connectivity index (χ0n) is 13.5. The lowest BCUT2D eigenvalue weighted by molar-refractivity contribution is -0.145. The number of nitrogens with zero attached hydrogens (tertiary/aromatic N) is 3. The summed E-state index contributed by atoms with van der Waals surface area (Å²) in [7, 11) is 1.88. The van der Waals surface area contributed by atoms with Gasteiger partial charge in [0.2, 0.25) is 5.91 Å². The van der Waals surface area contributed by atoms with E-state index in [1.54, 1.807) is 0 Å². The second kappa shape index (κ2) is 5.78. The Morgan fingerprint density at radius 2 is 2.14 bits per heavy atom. The Hall–Kier alpha value is -1.78. The molecule has 22 heavy (non-hydrogen) atoms. The van der Waals surface area contributed by atoms with Gasteiger partial charge in [-0.2, -0.15) is 0 Å². The number of hydrogen-bond acceptors (Lipinski definition) is 2. The fraction of sp³-hybridized carbons (Fsp3) is 0.647. The van der Waals surface area contributed by atoms with E-state index in [0.717, 1.165) is 38.8 Å². The summed E-state index contributed by atoms with van der Waals surface area (Å²) in [5, 5.41) is 0. The Bertz CT molecular complexity index is 578. The molecule has 2 aliphatic rings. The van der Waals surface area contributed by atoms with Crippen LogP contribution in [0.25, 0.3) is 0 Å². The molecule has 0 N–H and O–H groups in total. The maximum atomic E-state index is 12.8. The number of likely N-dealkylation sites (tertiary alicyclic amines) is 2. The van der Waals surface area contributed by atoms with Crippen LogP contribution in [-0.4, -0.2) is 52.4 Å².